The van der Waals surface area contributed by atoms with Crippen molar-refractivity contribution in [3.63, 3.8) is 0 Å². The number of rotatable bonds is 8. The lowest BCUT2D eigenvalue weighted by Gasteiger charge is -2.10. The Morgan fingerprint density at radius 1 is 0.486 bits per heavy atom. The summed E-state index contributed by atoms with van der Waals surface area (Å²) in [6.07, 6.45) is 0. The third kappa shape index (κ3) is 6.45. The summed E-state index contributed by atoms with van der Waals surface area (Å²) in [6, 6.07) is 27.5. The fourth-order valence-corrected chi connectivity index (χ4v) is 6.11. The van der Waals surface area contributed by atoms with Crippen molar-refractivity contribution in [3.05, 3.63) is 108 Å². The summed E-state index contributed by atoms with van der Waals surface area (Å²) < 4.78 is 55.4. The van der Waals surface area contributed by atoms with Gasteiger partial charge in [0.05, 0.1) is 9.79 Å². The van der Waals surface area contributed by atoms with E-state index < -0.39 is 20.0 Å². The van der Waals surface area contributed by atoms with Gasteiger partial charge in [0.15, 0.2) is 0 Å². The molecule has 0 bridgehead atoms. The minimum atomic E-state index is -3.66. The molecule has 0 atom stereocenters. The van der Waals surface area contributed by atoms with E-state index in [2.05, 4.69) is 9.44 Å². The Morgan fingerprint density at radius 2 is 0.800 bits per heavy atom. The smallest absolute Gasteiger partial charge is 0.261 e. The third-order valence-corrected chi connectivity index (χ3v) is 8.92. The lowest BCUT2D eigenvalue weighted by Crippen LogP contribution is -2.12. The van der Waals surface area contributed by atoms with Crippen molar-refractivity contribution in [3.8, 4) is 0 Å². The van der Waals surface area contributed by atoms with Crippen molar-refractivity contribution in [2.24, 2.45) is 0 Å². The second-order valence-corrected chi connectivity index (χ2v) is 12.5. The van der Waals surface area contributed by atoms with E-state index in [1.54, 1.807) is 72.8 Å². The van der Waals surface area contributed by atoms with Crippen LogP contribution in [0.5, 0.6) is 0 Å². The molecule has 4 aromatic rings. The van der Waals surface area contributed by atoms with Crippen LogP contribution in [0.4, 0.5) is 11.4 Å². The van der Waals surface area contributed by atoms with Crippen LogP contribution in [0.1, 0.15) is 11.1 Å². The molecule has 0 aliphatic rings. The van der Waals surface area contributed by atoms with Crippen LogP contribution in [0.2, 0.25) is 0 Å². The third-order valence-electron chi connectivity index (χ3n) is 5.11. The van der Waals surface area contributed by atoms with Crippen LogP contribution >= 0.6 is 11.8 Å². The van der Waals surface area contributed by atoms with Gasteiger partial charge in [0.1, 0.15) is 0 Å². The Balaban J connectivity index is 1.39. The van der Waals surface area contributed by atoms with Crippen molar-refractivity contribution >= 4 is 43.2 Å². The van der Waals surface area contributed by atoms with E-state index in [0.717, 1.165) is 20.9 Å². The van der Waals surface area contributed by atoms with E-state index in [9.17, 15) is 16.8 Å². The van der Waals surface area contributed by atoms with Crippen molar-refractivity contribution in [2.75, 3.05) is 9.44 Å². The lowest BCUT2D eigenvalue weighted by atomic mass is 10.2. The number of hydrogen-bond acceptors (Lipinski definition) is 5. The van der Waals surface area contributed by atoms with E-state index in [1.165, 1.54) is 11.8 Å². The van der Waals surface area contributed by atoms with Gasteiger partial charge in [-0.1, -0.05) is 47.2 Å². The first kappa shape index (κ1) is 24.8. The Bertz CT molecular complexity index is 1400. The van der Waals surface area contributed by atoms with Crippen LogP contribution in [0.3, 0.4) is 0 Å². The highest BCUT2D eigenvalue weighted by Gasteiger charge is 2.15. The molecule has 0 fully saturated rings. The maximum absolute atomic E-state index is 12.6. The summed E-state index contributed by atoms with van der Waals surface area (Å²) in [5.74, 6) is 0. The molecule has 4 aromatic carbocycles. The monoisotopic (exact) mass is 524 g/mol. The second kappa shape index (κ2) is 10.2. The van der Waals surface area contributed by atoms with Gasteiger partial charge >= 0.3 is 0 Å². The molecule has 0 saturated heterocycles. The minimum Gasteiger partial charge on any atom is -0.280 e. The number of sulfonamides is 2. The number of anilines is 2. The second-order valence-electron chi connectivity index (χ2n) is 7.99. The van der Waals surface area contributed by atoms with Crippen molar-refractivity contribution in [1.29, 1.82) is 0 Å². The number of nitrogens with one attached hydrogen (secondary N) is 2. The molecule has 0 aliphatic heterocycles. The lowest BCUT2D eigenvalue weighted by molar-refractivity contribution is 0.599. The van der Waals surface area contributed by atoms with E-state index in [-0.39, 0.29) is 9.79 Å². The molecule has 35 heavy (non-hydrogen) atoms. The Morgan fingerprint density at radius 3 is 1.11 bits per heavy atom. The molecule has 0 heterocycles. The van der Waals surface area contributed by atoms with E-state index in [4.69, 9.17) is 0 Å². The molecule has 0 spiro atoms. The highest BCUT2D eigenvalue weighted by molar-refractivity contribution is 7.99. The molecule has 180 valence electrons. The van der Waals surface area contributed by atoms with Crippen LogP contribution in [-0.4, -0.2) is 16.8 Å². The molecule has 4 rings (SSSR count). The van der Waals surface area contributed by atoms with Gasteiger partial charge in [-0.05, 0) is 86.6 Å². The fraction of sp³-hybridized carbons (Fsp3) is 0.0769. The number of benzene rings is 4. The first-order valence-corrected chi connectivity index (χ1v) is 14.5. The predicted octanol–water partition coefficient (Wildman–Crippen LogP) is 6.06. The molecule has 0 radical (unpaired) electrons. The van der Waals surface area contributed by atoms with Crippen molar-refractivity contribution in [2.45, 2.75) is 33.4 Å². The summed E-state index contributed by atoms with van der Waals surface area (Å²) in [4.78, 5) is 2.24. The summed E-state index contributed by atoms with van der Waals surface area (Å²) >= 11 is 1.48. The number of aryl methyl sites for hydroxylation is 2. The summed E-state index contributed by atoms with van der Waals surface area (Å²) in [6.45, 7) is 3.80. The zero-order valence-electron chi connectivity index (χ0n) is 19.1. The molecule has 0 unspecified atom stereocenters. The molecule has 0 aromatic heterocycles. The molecule has 0 aliphatic carbocycles. The number of hydrogen-bond donors (Lipinski definition) is 2. The SMILES string of the molecule is Cc1ccc(S(=O)(=O)Nc2ccc(Sc3ccc(NS(=O)(=O)c4ccc(C)cc4)cc3)cc2)cc1. The van der Waals surface area contributed by atoms with Crippen LogP contribution in [0, 0.1) is 13.8 Å². The van der Waals surface area contributed by atoms with Gasteiger partial charge in [-0.3, -0.25) is 9.44 Å². The van der Waals surface area contributed by atoms with E-state index >= 15 is 0 Å². The topological polar surface area (TPSA) is 92.3 Å². The molecule has 0 saturated carbocycles. The van der Waals surface area contributed by atoms with Crippen LogP contribution in [0.15, 0.2) is 117 Å². The van der Waals surface area contributed by atoms with Gasteiger partial charge in [-0.25, -0.2) is 16.8 Å². The average Bonchev–Trinajstić information content (AvgIpc) is 2.82. The van der Waals surface area contributed by atoms with Gasteiger partial charge in [0, 0.05) is 21.2 Å². The standard InChI is InChI=1S/C26H24N2O4S3/c1-19-3-15-25(16-4-19)34(29,30)27-21-7-11-23(12-8-21)33-24-13-9-22(10-14-24)28-35(31,32)26-17-5-20(2)6-18-26/h3-18,27-28H,1-2H3. The molecule has 2 N–H and O–H groups in total. The maximum atomic E-state index is 12.6. The molecular weight excluding hydrogens is 500 g/mol. The summed E-state index contributed by atoms with van der Waals surface area (Å²) in [7, 11) is -7.31. The van der Waals surface area contributed by atoms with Gasteiger partial charge in [0.2, 0.25) is 0 Å². The quantitative estimate of drug-likeness (QED) is 0.292. The first-order chi connectivity index (χ1) is 16.6. The van der Waals surface area contributed by atoms with Gasteiger partial charge in [-0.15, -0.1) is 0 Å². The molecule has 9 heteroatoms. The first-order valence-electron chi connectivity index (χ1n) is 10.7. The molecule has 6 nitrogen and oxygen atoms in total. The van der Waals surface area contributed by atoms with Crippen LogP contribution in [0.25, 0.3) is 0 Å². The highest BCUT2D eigenvalue weighted by Crippen LogP contribution is 2.30. The largest absolute Gasteiger partial charge is 0.280 e. The minimum absolute atomic E-state index is 0.208. The zero-order chi connectivity index (χ0) is 25.1. The predicted molar refractivity (Wildman–Crippen MR) is 141 cm³/mol. The molecule has 0 amide bonds. The Hall–Kier alpha value is -3.27. The average molecular weight is 525 g/mol. The zero-order valence-corrected chi connectivity index (χ0v) is 21.5. The van der Waals surface area contributed by atoms with Crippen molar-refractivity contribution in [1.82, 2.24) is 0 Å². The van der Waals surface area contributed by atoms with Crippen molar-refractivity contribution < 1.29 is 16.8 Å². The van der Waals surface area contributed by atoms with E-state index in [0.29, 0.717) is 11.4 Å². The van der Waals surface area contributed by atoms with E-state index in [1.807, 2.05) is 38.1 Å². The Labute approximate surface area is 210 Å². The summed E-state index contributed by atoms with van der Waals surface area (Å²) in [5.41, 5.74) is 2.91. The molecular formula is C26H24N2O4S3. The van der Waals surface area contributed by atoms with Crippen LogP contribution in [-0.2, 0) is 20.0 Å². The normalized spacial score (nSPS) is 11.7. The van der Waals surface area contributed by atoms with Gasteiger partial charge in [-0.2, -0.15) is 0 Å². The Kier molecular flexibility index (Phi) is 7.20. The van der Waals surface area contributed by atoms with Gasteiger partial charge in [0.25, 0.3) is 20.0 Å². The fourth-order valence-electron chi connectivity index (χ4n) is 3.18. The van der Waals surface area contributed by atoms with Crippen LogP contribution < -0.4 is 9.44 Å². The van der Waals surface area contributed by atoms with Gasteiger partial charge < -0.3 is 0 Å². The highest BCUT2D eigenvalue weighted by atomic mass is 32.2. The summed E-state index contributed by atoms with van der Waals surface area (Å²) in [5, 5.41) is 0. The maximum Gasteiger partial charge on any atom is 0.261 e.